The van der Waals surface area contributed by atoms with Gasteiger partial charge in [0.2, 0.25) is 0 Å². The number of nitrogens with one attached hydrogen (secondary N) is 1. The Hall–Kier alpha value is -2.33. The van der Waals surface area contributed by atoms with Gasteiger partial charge in [0.05, 0.1) is 27.2 Å². The number of para-hydroxylation sites is 1. The number of hydrogen-bond acceptors (Lipinski definition) is 6. The fourth-order valence-electron chi connectivity index (χ4n) is 2.71. The van der Waals surface area contributed by atoms with Crippen LogP contribution < -0.4 is 10.1 Å². The minimum Gasteiger partial charge on any atom is 0 e. The van der Waals surface area contributed by atoms with E-state index in [2.05, 4.69) is 25.3 Å². The second kappa shape index (κ2) is 18.1. The molecule has 1 aliphatic heterocycles. The molecule has 1 N–H and O–H groups in total. The van der Waals surface area contributed by atoms with E-state index in [4.69, 9.17) is 28.2 Å². The molecule has 1 fully saturated rings. The van der Waals surface area contributed by atoms with E-state index in [1.54, 1.807) is 7.11 Å². The third-order valence-corrected chi connectivity index (χ3v) is 3.74. The quantitative estimate of drug-likeness (QED) is 0.430. The Morgan fingerprint density at radius 2 is 1.46 bits per heavy atom. The standard InChI is InChI=1S/C15H19NO5.3CO.Cr/c1-19-12-7-5-4-6-9(12)13-10(14(17)20-2)8-11(16-13)15(18)21-3;3*1-2;/h4-7,10-11,13,16H,8H2,1-3H3;;;;/t10-,11-,13?;;;;/m0..../s1. The summed E-state index contributed by atoms with van der Waals surface area (Å²) in [5.41, 5.74) is 0.821. The molecule has 3 atom stereocenters. The zero-order valence-corrected chi connectivity index (χ0v) is 16.7. The summed E-state index contributed by atoms with van der Waals surface area (Å²) in [4.78, 5) is 23.7. The number of carbonyl (C=O) groups is 2. The monoisotopic (exact) mass is 429 g/mol. The second-order valence-electron chi connectivity index (χ2n) is 4.83. The van der Waals surface area contributed by atoms with Crippen molar-refractivity contribution < 1.29 is 55.1 Å². The summed E-state index contributed by atoms with van der Waals surface area (Å²) in [6.45, 7) is 13.5. The SMILES string of the molecule is COC(=O)[C@@H]1C[C@H](C(=O)OC)C(c2ccccc2OC)N1.[C-]#[O+].[C-]#[O+].[C-]#[O+].[Cr]. The minimum atomic E-state index is -0.533. The molecule has 1 saturated heterocycles. The molecule has 0 aromatic heterocycles. The zero-order chi connectivity index (χ0) is 21.4. The maximum Gasteiger partial charge on any atom is 0 e. The smallest absolute Gasteiger partial charge is 0 e. The van der Waals surface area contributed by atoms with Gasteiger partial charge in [-0.2, -0.15) is 0 Å². The van der Waals surface area contributed by atoms with Gasteiger partial charge in [-0.1, -0.05) is 18.2 Å². The van der Waals surface area contributed by atoms with Crippen LogP contribution in [0, 0.1) is 25.9 Å². The molecule has 1 aliphatic rings. The maximum atomic E-state index is 12.0. The average molecular weight is 429 g/mol. The van der Waals surface area contributed by atoms with Crippen molar-refractivity contribution in [2.45, 2.75) is 18.5 Å². The number of rotatable bonds is 4. The Kier molecular flexibility index (Phi) is 19.6. The summed E-state index contributed by atoms with van der Waals surface area (Å²) in [5.74, 6) is -0.545. The summed E-state index contributed by atoms with van der Waals surface area (Å²) >= 11 is 0. The molecule has 0 bridgehead atoms. The first kappa shape index (κ1) is 30.4. The molecule has 0 spiro atoms. The van der Waals surface area contributed by atoms with Crippen LogP contribution in [0.1, 0.15) is 18.0 Å². The molecule has 1 unspecified atom stereocenters. The zero-order valence-electron chi connectivity index (χ0n) is 15.4. The van der Waals surface area contributed by atoms with Gasteiger partial charge in [-0.05, 0) is 12.5 Å². The molecule has 150 valence electrons. The van der Waals surface area contributed by atoms with Gasteiger partial charge in [0, 0.05) is 29.0 Å². The van der Waals surface area contributed by atoms with E-state index in [1.807, 2.05) is 24.3 Å². The fraction of sp³-hybridized carbons (Fsp3) is 0.389. The topological polar surface area (TPSA) is 134 Å². The summed E-state index contributed by atoms with van der Waals surface area (Å²) in [6, 6.07) is 6.51. The van der Waals surface area contributed by atoms with Crippen molar-refractivity contribution in [1.82, 2.24) is 5.32 Å². The van der Waals surface area contributed by atoms with Crippen molar-refractivity contribution in [3.8, 4) is 5.75 Å². The number of esters is 2. The van der Waals surface area contributed by atoms with Gasteiger partial charge in [0.25, 0.3) is 0 Å². The molecule has 0 aliphatic carbocycles. The van der Waals surface area contributed by atoms with Gasteiger partial charge in [0.1, 0.15) is 11.8 Å². The Balaban J connectivity index is -0.000000815. The normalized spacial score (nSPS) is 18.5. The third-order valence-electron chi connectivity index (χ3n) is 3.74. The Morgan fingerprint density at radius 3 is 1.93 bits per heavy atom. The molecule has 9 nitrogen and oxygen atoms in total. The summed E-state index contributed by atoms with van der Waals surface area (Å²) in [6.07, 6.45) is 0.335. The van der Waals surface area contributed by atoms with Crippen molar-refractivity contribution in [1.29, 1.82) is 0 Å². The summed E-state index contributed by atoms with van der Waals surface area (Å²) < 4.78 is 37.4. The van der Waals surface area contributed by atoms with E-state index in [9.17, 15) is 9.59 Å². The van der Waals surface area contributed by atoms with Gasteiger partial charge in [0.15, 0.2) is 0 Å². The Morgan fingerprint density at radius 1 is 0.964 bits per heavy atom. The Labute approximate surface area is 174 Å². The molecular formula is C18H19CrNO8. The van der Waals surface area contributed by atoms with Crippen LogP contribution in [0.4, 0.5) is 0 Å². The van der Waals surface area contributed by atoms with Crippen molar-refractivity contribution in [3.05, 3.63) is 49.8 Å². The molecule has 0 radical (unpaired) electrons. The van der Waals surface area contributed by atoms with E-state index in [0.717, 1.165) is 5.56 Å². The number of methoxy groups -OCH3 is 3. The molecule has 0 saturated carbocycles. The second-order valence-corrected chi connectivity index (χ2v) is 4.83. The first-order chi connectivity index (χ1) is 13.1. The molecular weight excluding hydrogens is 410 g/mol. The predicted octanol–water partition coefficient (Wildman–Crippen LogP) is 0.945. The van der Waals surface area contributed by atoms with Crippen molar-refractivity contribution >= 4 is 11.9 Å². The molecule has 2 rings (SSSR count). The largest absolute Gasteiger partial charge is 0 e. The van der Waals surface area contributed by atoms with Crippen LogP contribution in [-0.2, 0) is 50.4 Å². The number of benzene rings is 1. The van der Waals surface area contributed by atoms with Crippen LogP contribution in [0.15, 0.2) is 24.3 Å². The van der Waals surface area contributed by atoms with Crippen LogP contribution in [0.25, 0.3) is 0 Å². The first-order valence-corrected chi connectivity index (χ1v) is 7.28. The molecule has 1 heterocycles. The first-order valence-electron chi connectivity index (χ1n) is 7.28. The van der Waals surface area contributed by atoms with Gasteiger partial charge >= 0.3 is 45.8 Å². The van der Waals surface area contributed by atoms with Crippen molar-refractivity contribution in [2.24, 2.45) is 5.92 Å². The number of ether oxygens (including phenoxy) is 3. The van der Waals surface area contributed by atoms with E-state index >= 15 is 0 Å². The molecule has 0 amide bonds. The van der Waals surface area contributed by atoms with Crippen molar-refractivity contribution in [2.75, 3.05) is 21.3 Å². The van der Waals surface area contributed by atoms with Crippen molar-refractivity contribution in [3.63, 3.8) is 0 Å². The van der Waals surface area contributed by atoms with E-state index < -0.39 is 12.0 Å². The number of carbonyl (C=O) groups excluding carboxylic acids is 2. The van der Waals surface area contributed by atoms with Crippen LogP contribution >= 0.6 is 0 Å². The predicted molar refractivity (Wildman–Crippen MR) is 86.6 cm³/mol. The van der Waals surface area contributed by atoms with Gasteiger partial charge in [-0.3, -0.25) is 14.9 Å². The number of hydrogen-bond donors (Lipinski definition) is 1. The van der Waals surface area contributed by atoms with Crippen LogP contribution in [0.2, 0.25) is 0 Å². The molecule has 28 heavy (non-hydrogen) atoms. The summed E-state index contributed by atoms with van der Waals surface area (Å²) in [7, 11) is 4.24. The van der Waals surface area contributed by atoms with E-state index in [0.29, 0.717) is 12.2 Å². The third kappa shape index (κ3) is 8.14. The van der Waals surface area contributed by atoms with Crippen LogP contribution in [-0.4, -0.2) is 39.3 Å². The fourth-order valence-corrected chi connectivity index (χ4v) is 2.71. The molecule has 1 aromatic rings. The summed E-state index contributed by atoms with van der Waals surface area (Å²) in [5, 5.41) is 3.14. The van der Waals surface area contributed by atoms with Gasteiger partial charge in [-0.15, -0.1) is 0 Å². The van der Waals surface area contributed by atoms with Gasteiger partial charge < -0.3 is 14.2 Å². The minimum absolute atomic E-state index is 0. The molecule has 10 heteroatoms. The average Bonchev–Trinajstić information content (AvgIpc) is 3.22. The Bertz CT molecular complexity index is 644. The molecule has 1 aromatic carbocycles. The van der Waals surface area contributed by atoms with Crippen LogP contribution in [0.5, 0.6) is 5.75 Å². The van der Waals surface area contributed by atoms with E-state index in [1.165, 1.54) is 14.2 Å². The van der Waals surface area contributed by atoms with Crippen LogP contribution in [0.3, 0.4) is 0 Å². The van der Waals surface area contributed by atoms with Gasteiger partial charge in [-0.25, -0.2) is 0 Å². The maximum absolute atomic E-state index is 12.0. The van der Waals surface area contributed by atoms with E-state index in [-0.39, 0.29) is 35.3 Å².